The van der Waals surface area contributed by atoms with E-state index in [-0.39, 0.29) is 11.9 Å². The summed E-state index contributed by atoms with van der Waals surface area (Å²) < 4.78 is 5.79. The van der Waals surface area contributed by atoms with E-state index in [2.05, 4.69) is 30.8 Å². The van der Waals surface area contributed by atoms with E-state index in [1.165, 1.54) is 0 Å². The molecule has 1 unspecified atom stereocenters. The zero-order valence-electron chi connectivity index (χ0n) is 17.2. The van der Waals surface area contributed by atoms with Crippen molar-refractivity contribution in [2.24, 2.45) is 4.99 Å². The maximum absolute atomic E-state index is 13.0. The predicted octanol–water partition coefficient (Wildman–Crippen LogP) is 3.84. The van der Waals surface area contributed by atoms with Gasteiger partial charge in [-0.05, 0) is 24.3 Å². The van der Waals surface area contributed by atoms with Gasteiger partial charge in [0.15, 0.2) is 0 Å². The largest absolute Gasteiger partial charge is 0.403 e. The number of amides is 1. The molecule has 3 heterocycles. The van der Waals surface area contributed by atoms with E-state index in [0.29, 0.717) is 17.3 Å². The topological polar surface area (TPSA) is 121 Å². The lowest BCUT2D eigenvalue weighted by Crippen LogP contribution is -2.32. The minimum atomic E-state index is -0.962. The van der Waals surface area contributed by atoms with Crippen LogP contribution >= 0.6 is 0 Å². The van der Waals surface area contributed by atoms with Crippen molar-refractivity contribution < 1.29 is 9.21 Å². The summed E-state index contributed by atoms with van der Waals surface area (Å²) in [5.74, 6) is -0.00871. The molecule has 1 aliphatic heterocycles. The first-order chi connectivity index (χ1) is 16.2. The van der Waals surface area contributed by atoms with Crippen molar-refractivity contribution in [3.63, 3.8) is 0 Å². The Morgan fingerprint density at radius 2 is 1.76 bits per heavy atom. The number of imidazole rings is 1. The minimum Gasteiger partial charge on any atom is -0.403 e. The van der Waals surface area contributed by atoms with Crippen molar-refractivity contribution >= 4 is 34.4 Å². The van der Waals surface area contributed by atoms with Crippen molar-refractivity contribution in [2.75, 3.05) is 10.6 Å². The van der Waals surface area contributed by atoms with E-state index in [9.17, 15) is 4.79 Å². The van der Waals surface area contributed by atoms with Gasteiger partial charge in [-0.25, -0.2) is 9.98 Å². The molecule has 3 N–H and O–H groups in total. The standard InChI is InChI=1S/C24H17N7O2/c32-22-21(28-20(14-6-2-1-3-7-14)16-8-4-5-9-17(16)27-22)29-24-31-30-23(33-24)15-10-11-18-19(12-15)26-13-25-18/h1-13,21H,(H,25,26)(H,27,32)(H,29,31). The molecule has 160 valence electrons. The van der Waals surface area contributed by atoms with Crippen LogP contribution in [0.15, 0.2) is 88.5 Å². The second-order valence-corrected chi connectivity index (χ2v) is 7.47. The van der Waals surface area contributed by atoms with Gasteiger partial charge in [-0.2, -0.15) is 0 Å². The molecule has 0 bridgehead atoms. The van der Waals surface area contributed by atoms with Crippen LogP contribution in [0.5, 0.6) is 0 Å². The predicted molar refractivity (Wildman–Crippen MR) is 124 cm³/mol. The Balaban J connectivity index is 1.34. The highest BCUT2D eigenvalue weighted by molar-refractivity contribution is 6.19. The quantitative estimate of drug-likeness (QED) is 0.394. The Labute approximate surface area is 187 Å². The molecule has 33 heavy (non-hydrogen) atoms. The Kier molecular flexibility index (Phi) is 4.43. The van der Waals surface area contributed by atoms with Gasteiger partial charge in [0, 0.05) is 16.7 Å². The van der Waals surface area contributed by atoms with Crippen LogP contribution in [-0.2, 0) is 4.79 Å². The first-order valence-electron chi connectivity index (χ1n) is 10.3. The molecular formula is C24H17N7O2. The Morgan fingerprint density at radius 3 is 2.67 bits per heavy atom. The first kappa shape index (κ1) is 18.9. The lowest BCUT2D eigenvalue weighted by atomic mass is 10.0. The maximum Gasteiger partial charge on any atom is 0.317 e. The number of rotatable bonds is 4. The zero-order valence-corrected chi connectivity index (χ0v) is 17.2. The Bertz CT molecular complexity index is 1500. The van der Waals surface area contributed by atoms with Crippen LogP contribution in [0.2, 0.25) is 0 Å². The molecule has 0 saturated heterocycles. The number of anilines is 2. The normalized spacial score (nSPS) is 15.5. The van der Waals surface area contributed by atoms with Gasteiger partial charge in [0.25, 0.3) is 5.91 Å². The number of hydrogen-bond donors (Lipinski definition) is 3. The highest BCUT2D eigenvalue weighted by atomic mass is 16.4. The summed E-state index contributed by atoms with van der Waals surface area (Å²) in [6.07, 6.45) is 0.663. The monoisotopic (exact) mass is 435 g/mol. The van der Waals surface area contributed by atoms with Gasteiger partial charge in [0.05, 0.1) is 28.8 Å². The number of nitrogens with zero attached hydrogens (tertiary/aromatic N) is 4. The van der Waals surface area contributed by atoms with Gasteiger partial charge < -0.3 is 20.0 Å². The second kappa shape index (κ2) is 7.72. The molecule has 0 radical (unpaired) electrons. The van der Waals surface area contributed by atoms with Crippen molar-refractivity contribution in [2.45, 2.75) is 6.17 Å². The highest BCUT2D eigenvalue weighted by Gasteiger charge is 2.27. The van der Waals surface area contributed by atoms with Gasteiger partial charge in [0.1, 0.15) is 0 Å². The van der Waals surface area contributed by atoms with E-state index < -0.39 is 6.17 Å². The van der Waals surface area contributed by atoms with Gasteiger partial charge in [-0.3, -0.25) is 4.79 Å². The number of aromatic amines is 1. The molecule has 0 aliphatic carbocycles. The van der Waals surface area contributed by atoms with Gasteiger partial charge in [-0.15, -0.1) is 5.10 Å². The summed E-state index contributed by atoms with van der Waals surface area (Å²) in [5, 5.41) is 14.1. The molecule has 1 aliphatic rings. The molecule has 5 aromatic rings. The van der Waals surface area contributed by atoms with Crippen LogP contribution in [0.3, 0.4) is 0 Å². The number of carbonyl (C=O) groups excluding carboxylic acids is 1. The number of nitrogens with one attached hydrogen (secondary N) is 3. The van der Waals surface area contributed by atoms with Crippen molar-refractivity contribution in [3.05, 3.63) is 90.3 Å². The van der Waals surface area contributed by atoms with Crippen molar-refractivity contribution in [3.8, 4) is 11.5 Å². The Morgan fingerprint density at radius 1 is 0.909 bits per heavy atom. The van der Waals surface area contributed by atoms with E-state index in [1.54, 1.807) is 6.33 Å². The molecule has 2 aromatic heterocycles. The van der Waals surface area contributed by atoms with E-state index in [4.69, 9.17) is 9.41 Å². The maximum atomic E-state index is 13.0. The van der Waals surface area contributed by atoms with Crippen LogP contribution in [0.25, 0.3) is 22.5 Å². The number of aliphatic imine (C=N–C) groups is 1. The smallest absolute Gasteiger partial charge is 0.317 e. The first-order valence-corrected chi connectivity index (χ1v) is 10.3. The number of H-pyrrole nitrogens is 1. The molecule has 1 amide bonds. The lowest BCUT2D eigenvalue weighted by molar-refractivity contribution is -0.116. The molecule has 0 fully saturated rings. The zero-order chi connectivity index (χ0) is 22.2. The molecule has 0 spiro atoms. The van der Waals surface area contributed by atoms with E-state index >= 15 is 0 Å². The van der Waals surface area contributed by atoms with Gasteiger partial charge in [0.2, 0.25) is 12.1 Å². The fourth-order valence-corrected chi connectivity index (χ4v) is 3.76. The van der Waals surface area contributed by atoms with Gasteiger partial charge >= 0.3 is 6.01 Å². The number of benzodiazepines with no additional fused rings is 1. The van der Waals surface area contributed by atoms with Crippen LogP contribution < -0.4 is 10.6 Å². The number of hydrogen-bond acceptors (Lipinski definition) is 7. The van der Waals surface area contributed by atoms with Crippen LogP contribution in [0.4, 0.5) is 11.7 Å². The molecule has 9 nitrogen and oxygen atoms in total. The molecule has 0 saturated carbocycles. The molecule has 3 aromatic carbocycles. The minimum absolute atomic E-state index is 0.0944. The van der Waals surface area contributed by atoms with Crippen LogP contribution in [-0.4, -0.2) is 37.9 Å². The molecule has 1 atom stereocenters. The summed E-state index contributed by atoms with van der Waals surface area (Å²) in [7, 11) is 0. The number of fused-ring (bicyclic) bond motifs is 2. The van der Waals surface area contributed by atoms with Crippen LogP contribution in [0, 0.1) is 0 Å². The third-order valence-corrected chi connectivity index (χ3v) is 5.35. The average Bonchev–Trinajstić information content (AvgIpc) is 3.49. The molecular weight excluding hydrogens is 418 g/mol. The van der Waals surface area contributed by atoms with Crippen LogP contribution in [0.1, 0.15) is 11.1 Å². The van der Waals surface area contributed by atoms with Crippen molar-refractivity contribution in [1.29, 1.82) is 0 Å². The summed E-state index contributed by atoms with van der Waals surface area (Å²) in [6, 6.07) is 23.0. The molecule has 6 rings (SSSR count). The fraction of sp³-hybridized carbons (Fsp3) is 0.0417. The summed E-state index contributed by atoms with van der Waals surface area (Å²) in [6.45, 7) is 0. The van der Waals surface area contributed by atoms with E-state index in [1.807, 2.05) is 72.8 Å². The van der Waals surface area contributed by atoms with Gasteiger partial charge in [-0.1, -0.05) is 53.6 Å². The fourth-order valence-electron chi connectivity index (χ4n) is 3.76. The SMILES string of the molecule is O=C1Nc2ccccc2C(c2ccccc2)=NC1Nc1nnc(-c2ccc3nc[nH]c3c2)o1. The number of para-hydroxylation sites is 1. The third-order valence-electron chi connectivity index (χ3n) is 5.35. The third kappa shape index (κ3) is 3.51. The highest BCUT2D eigenvalue weighted by Crippen LogP contribution is 2.26. The lowest BCUT2D eigenvalue weighted by Gasteiger charge is -2.11. The summed E-state index contributed by atoms with van der Waals surface area (Å²) >= 11 is 0. The average molecular weight is 435 g/mol. The number of carbonyl (C=O) groups is 1. The van der Waals surface area contributed by atoms with E-state index in [0.717, 1.165) is 27.7 Å². The second-order valence-electron chi connectivity index (χ2n) is 7.47. The van der Waals surface area contributed by atoms with Crippen molar-refractivity contribution in [1.82, 2.24) is 20.2 Å². The summed E-state index contributed by atoms with van der Waals surface area (Å²) in [5.41, 5.74) is 5.54. The summed E-state index contributed by atoms with van der Waals surface area (Å²) in [4.78, 5) is 25.0. The number of benzene rings is 3. The number of aromatic nitrogens is 4. The molecule has 9 heteroatoms. The Hall–Kier alpha value is -4.79.